The molecular formula is C73H129N2O7P. The molecule has 0 aromatic rings. The molecule has 0 aromatic carbocycles. The Morgan fingerprint density at radius 3 is 1.18 bits per heavy atom. The maximum Gasteiger partial charge on any atom is 0.306 e. The molecule has 10 heteroatoms. The Labute approximate surface area is 512 Å². The molecule has 0 saturated carbocycles. The lowest BCUT2D eigenvalue weighted by Crippen LogP contribution is -2.47. The molecule has 1 amide bonds. The van der Waals surface area contributed by atoms with Gasteiger partial charge < -0.3 is 28.5 Å². The number of nitrogens with one attached hydrogen (secondary N) is 1. The van der Waals surface area contributed by atoms with Gasteiger partial charge in [-0.2, -0.15) is 0 Å². The molecule has 0 bridgehead atoms. The van der Waals surface area contributed by atoms with Gasteiger partial charge in [0.2, 0.25) is 5.91 Å². The van der Waals surface area contributed by atoms with Gasteiger partial charge in [-0.05, 0) is 115 Å². The van der Waals surface area contributed by atoms with Crippen LogP contribution in [0.3, 0.4) is 0 Å². The molecular weight excluding hydrogens is 1050 g/mol. The third-order valence-corrected chi connectivity index (χ3v) is 15.7. The normalized spacial score (nSPS) is 14.3. The van der Waals surface area contributed by atoms with Crippen LogP contribution in [0.1, 0.15) is 290 Å². The van der Waals surface area contributed by atoms with Gasteiger partial charge in [0.05, 0.1) is 33.8 Å². The van der Waals surface area contributed by atoms with Crippen molar-refractivity contribution in [2.45, 2.75) is 303 Å². The number of quaternary nitrogens is 1. The summed E-state index contributed by atoms with van der Waals surface area (Å²) in [6, 6.07) is -0.903. The number of phosphoric ester groups is 1. The molecule has 478 valence electrons. The maximum absolute atomic E-state index is 13.6. The van der Waals surface area contributed by atoms with E-state index in [1.165, 1.54) is 116 Å². The predicted molar refractivity (Wildman–Crippen MR) is 357 cm³/mol. The fourth-order valence-electron chi connectivity index (χ4n) is 9.44. The van der Waals surface area contributed by atoms with Crippen molar-refractivity contribution in [2.75, 3.05) is 40.9 Å². The van der Waals surface area contributed by atoms with Crippen LogP contribution in [0, 0.1) is 0 Å². The zero-order valence-electron chi connectivity index (χ0n) is 54.6. The van der Waals surface area contributed by atoms with Crippen molar-refractivity contribution < 1.29 is 37.3 Å². The number of phosphoric acid groups is 1. The topological polar surface area (TPSA) is 114 Å². The zero-order valence-corrected chi connectivity index (χ0v) is 55.5. The molecule has 1 N–H and O–H groups in total. The summed E-state index contributed by atoms with van der Waals surface area (Å²) in [6.07, 6.45) is 84.9. The van der Waals surface area contributed by atoms with E-state index in [0.29, 0.717) is 17.4 Å². The minimum atomic E-state index is -4.71. The van der Waals surface area contributed by atoms with Gasteiger partial charge in [0.25, 0.3) is 7.82 Å². The van der Waals surface area contributed by atoms with Crippen LogP contribution < -0.4 is 10.2 Å². The van der Waals surface area contributed by atoms with E-state index in [4.69, 9.17) is 13.8 Å². The van der Waals surface area contributed by atoms with Crippen LogP contribution in [-0.2, 0) is 27.9 Å². The number of unbranched alkanes of at least 4 members (excludes halogenated alkanes) is 29. The lowest BCUT2D eigenvalue weighted by atomic mass is 10.0. The first-order chi connectivity index (χ1) is 40.4. The molecule has 3 atom stereocenters. The van der Waals surface area contributed by atoms with Crippen molar-refractivity contribution in [2.24, 2.45) is 0 Å². The molecule has 0 spiro atoms. The molecule has 0 aliphatic rings. The average molecular weight is 1180 g/mol. The number of allylic oxidation sites excluding steroid dienone is 17. The van der Waals surface area contributed by atoms with Crippen LogP contribution >= 0.6 is 7.82 Å². The van der Waals surface area contributed by atoms with Crippen LogP contribution in [-0.4, -0.2) is 69.4 Å². The highest BCUT2D eigenvalue weighted by atomic mass is 31.2. The van der Waals surface area contributed by atoms with Gasteiger partial charge >= 0.3 is 5.97 Å². The van der Waals surface area contributed by atoms with Crippen molar-refractivity contribution in [1.82, 2.24) is 5.32 Å². The number of nitrogens with zero attached hydrogens (tertiary/aromatic N) is 1. The van der Waals surface area contributed by atoms with E-state index in [9.17, 15) is 19.0 Å². The number of carbonyl (C=O) groups excluding carboxylic acids is 2. The Kier molecular flexibility index (Phi) is 59.3. The predicted octanol–water partition coefficient (Wildman–Crippen LogP) is 21.0. The van der Waals surface area contributed by atoms with E-state index in [2.05, 4.69) is 123 Å². The number of carbonyl (C=O) groups is 2. The van der Waals surface area contributed by atoms with Gasteiger partial charge in [-0.1, -0.05) is 272 Å². The second kappa shape index (κ2) is 61.7. The fraction of sp³-hybridized carbons (Fsp3) is 0.726. The quantitative estimate of drug-likeness (QED) is 0.0212. The summed E-state index contributed by atoms with van der Waals surface area (Å²) < 4.78 is 30.4. The third kappa shape index (κ3) is 63.0. The number of hydrogen-bond acceptors (Lipinski definition) is 7. The van der Waals surface area contributed by atoms with Gasteiger partial charge in [-0.25, -0.2) is 0 Å². The van der Waals surface area contributed by atoms with Crippen LogP contribution in [0.4, 0.5) is 0 Å². The first-order valence-corrected chi connectivity index (χ1v) is 35.7. The van der Waals surface area contributed by atoms with Crippen LogP contribution in [0.15, 0.2) is 109 Å². The number of amides is 1. The Bertz CT molecular complexity index is 1790. The molecule has 0 aromatic heterocycles. The Morgan fingerprint density at radius 1 is 0.434 bits per heavy atom. The standard InChI is InChI=1S/C73H129N2O7P/c1-7-10-13-16-19-22-25-27-29-31-33-34-35-36-37-38-39-40-42-44-46-48-51-54-57-60-63-66-73(77)82-71(64-61-58-55-52-49-24-21-18-15-12-9-3)70(69-81-83(78,79)80-68-67-75(4,5)6)74-72(76)65-62-59-56-53-50-47-45-43-41-32-30-28-26-23-20-17-14-11-8-2/h10,13,19-20,22-23,27-30,33-34,36-37,41,43,61,64,70-71H,7-9,11-12,14-18,21,24-26,31-32,35,38-40,42,44-60,62-63,65-69H2,1-6H3,(H-,74,76,78,79)/b13-10-,22-19-,23-20-,29-27-,30-28-,34-33-,37-36-,43-41-,64-61-. The molecule has 0 aliphatic carbocycles. The number of esters is 1. The van der Waals surface area contributed by atoms with Gasteiger partial charge in [0, 0.05) is 12.8 Å². The monoisotopic (exact) mass is 1180 g/mol. The Balaban J connectivity index is 5.08. The number of hydrogen-bond donors (Lipinski definition) is 1. The molecule has 0 fully saturated rings. The van der Waals surface area contributed by atoms with Gasteiger partial charge in [-0.3, -0.25) is 14.2 Å². The second-order valence-electron chi connectivity index (χ2n) is 23.9. The molecule has 0 heterocycles. The summed E-state index contributed by atoms with van der Waals surface area (Å²) in [5.74, 6) is -0.560. The van der Waals surface area contributed by atoms with Crippen molar-refractivity contribution >= 4 is 19.7 Å². The first kappa shape index (κ1) is 79.7. The smallest absolute Gasteiger partial charge is 0.306 e. The van der Waals surface area contributed by atoms with E-state index in [-0.39, 0.29) is 24.9 Å². The van der Waals surface area contributed by atoms with E-state index in [1.54, 1.807) is 0 Å². The lowest BCUT2D eigenvalue weighted by molar-refractivity contribution is -0.870. The Morgan fingerprint density at radius 2 is 0.771 bits per heavy atom. The summed E-state index contributed by atoms with van der Waals surface area (Å²) in [6.45, 7) is 6.69. The molecule has 0 radical (unpaired) electrons. The summed E-state index contributed by atoms with van der Waals surface area (Å²) in [4.78, 5) is 40.1. The van der Waals surface area contributed by atoms with E-state index in [1.807, 2.05) is 33.3 Å². The molecule has 0 aliphatic heterocycles. The zero-order chi connectivity index (χ0) is 60.7. The lowest BCUT2D eigenvalue weighted by Gasteiger charge is -2.30. The number of likely N-dealkylation sites (N-methyl/N-ethyl adjacent to an activating group) is 1. The third-order valence-electron chi connectivity index (χ3n) is 14.7. The highest BCUT2D eigenvalue weighted by molar-refractivity contribution is 7.45. The van der Waals surface area contributed by atoms with Gasteiger partial charge in [0.15, 0.2) is 0 Å². The van der Waals surface area contributed by atoms with Crippen LogP contribution in [0.25, 0.3) is 0 Å². The molecule has 0 rings (SSSR count). The summed E-state index contributed by atoms with van der Waals surface area (Å²) in [7, 11) is 1.16. The van der Waals surface area contributed by atoms with Gasteiger partial charge in [-0.15, -0.1) is 0 Å². The SMILES string of the molecule is CC/C=C\C/C=C\C/C=C\C/C=C\C/C=C\CCCCCCCCCCCCCC(=O)OC(/C=C\CCCCCCCCCCC)C(COP(=O)([O-])OCC[N+](C)(C)C)NC(=O)CCCCCCCC/C=C\C/C=C\C/C=C\CCCCC. The molecule has 9 nitrogen and oxygen atoms in total. The van der Waals surface area contributed by atoms with Crippen molar-refractivity contribution in [3.63, 3.8) is 0 Å². The van der Waals surface area contributed by atoms with Crippen molar-refractivity contribution in [3.05, 3.63) is 109 Å². The van der Waals surface area contributed by atoms with Gasteiger partial charge in [0.1, 0.15) is 19.3 Å². The molecule has 0 saturated heterocycles. The second-order valence-corrected chi connectivity index (χ2v) is 25.4. The summed E-state index contributed by atoms with van der Waals surface area (Å²) in [5, 5.41) is 3.03. The molecule has 83 heavy (non-hydrogen) atoms. The highest BCUT2D eigenvalue weighted by Crippen LogP contribution is 2.38. The summed E-state index contributed by atoms with van der Waals surface area (Å²) in [5.41, 5.74) is 0. The van der Waals surface area contributed by atoms with Crippen LogP contribution in [0.5, 0.6) is 0 Å². The number of ether oxygens (including phenoxy) is 1. The minimum absolute atomic E-state index is 0.0301. The van der Waals surface area contributed by atoms with Crippen molar-refractivity contribution in [1.29, 1.82) is 0 Å². The van der Waals surface area contributed by atoms with E-state index >= 15 is 0 Å². The maximum atomic E-state index is 13.6. The summed E-state index contributed by atoms with van der Waals surface area (Å²) >= 11 is 0. The average Bonchev–Trinajstić information content (AvgIpc) is 3.51. The highest BCUT2D eigenvalue weighted by Gasteiger charge is 2.27. The van der Waals surface area contributed by atoms with Crippen LogP contribution in [0.2, 0.25) is 0 Å². The molecule has 3 unspecified atom stereocenters. The van der Waals surface area contributed by atoms with E-state index in [0.717, 1.165) is 141 Å². The first-order valence-electron chi connectivity index (χ1n) is 34.2. The van der Waals surface area contributed by atoms with Crippen molar-refractivity contribution in [3.8, 4) is 0 Å². The van der Waals surface area contributed by atoms with E-state index < -0.39 is 26.6 Å². The number of rotatable bonds is 61. The largest absolute Gasteiger partial charge is 0.756 e. The minimum Gasteiger partial charge on any atom is -0.756 e. The fourth-order valence-corrected chi connectivity index (χ4v) is 10.2. The Hall–Kier alpha value is -3.33.